The number of hydrogen-bond donors (Lipinski definition) is 1. The molecule has 0 aromatic heterocycles. The molecule has 1 aliphatic rings. The van der Waals surface area contributed by atoms with E-state index in [0.29, 0.717) is 12.3 Å². The first kappa shape index (κ1) is 18.8. The number of benzene rings is 2. The molecule has 0 radical (unpaired) electrons. The Morgan fingerprint density at radius 2 is 2.04 bits per heavy atom. The molecule has 1 atom stereocenters. The van der Waals surface area contributed by atoms with Gasteiger partial charge in [-0.25, -0.2) is 0 Å². The van der Waals surface area contributed by atoms with Crippen LogP contribution < -0.4 is 19.5 Å². The van der Waals surface area contributed by atoms with Crippen LogP contribution in [-0.2, 0) is 4.79 Å². The fourth-order valence-corrected chi connectivity index (χ4v) is 2.89. The van der Waals surface area contributed by atoms with E-state index in [1.807, 2.05) is 56.6 Å². The van der Waals surface area contributed by atoms with Gasteiger partial charge in [-0.15, -0.1) is 0 Å². The SMILES string of the molecule is COc1cccc(C(CNC(=O)C=Cc2ccc3c(c2)OCO3)N(C)C)c1. The van der Waals surface area contributed by atoms with Crippen LogP contribution in [0.3, 0.4) is 0 Å². The number of carbonyl (C=O) groups is 1. The van der Waals surface area contributed by atoms with Gasteiger partial charge in [0.2, 0.25) is 12.7 Å². The van der Waals surface area contributed by atoms with Crippen molar-refractivity contribution in [2.24, 2.45) is 0 Å². The van der Waals surface area contributed by atoms with Gasteiger partial charge in [-0.3, -0.25) is 4.79 Å². The van der Waals surface area contributed by atoms with Gasteiger partial charge < -0.3 is 24.4 Å². The number of carbonyl (C=O) groups excluding carboxylic acids is 1. The predicted octanol–water partition coefficient (Wildman–Crippen LogP) is 2.86. The first-order chi connectivity index (χ1) is 13.1. The van der Waals surface area contributed by atoms with Crippen LogP contribution in [0.4, 0.5) is 0 Å². The van der Waals surface area contributed by atoms with Crippen molar-refractivity contribution in [1.82, 2.24) is 10.2 Å². The predicted molar refractivity (Wildman–Crippen MR) is 104 cm³/mol. The number of amides is 1. The molecular formula is C21H24N2O4. The van der Waals surface area contributed by atoms with E-state index in [2.05, 4.69) is 10.2 Å². The molecular weight excluding hydrogens is 344 g/mol. The van der Waals surface area contributed by atoms with Gasteiger partial charge in [-0.05, 0) is 55.6 Å². The van der Waals surface area contributed by atoms with E-state index in [0.717, 1.165) is 22.6 Å². The van der Waals surface area contributed by atoms with Crippen LogP contribution in [-0.4, -0.2) is 45.3 Å². The van der Waals surface area contributed by atoms with Crippen molar-refractivity contribution < 1.29 is 19.0 Å². The normalized spacial score (nSPS) is 13.8. The van der Waals surface area contributed by atoms with Gasteiger partial charge in [-0.1, -0.05) is 18.2 Å². The van der Waals surface area contributed by atoms with Gasteiger partial charge in [-0.2, -0.15) is 0 Å². The van der Waals surface area contributed by atoms with Crippen LogP contribution in [0.2, 0.25) is 0 Å². The van der Waals surface area contributed by atoms with Crippen molar-refractivity contribution in [2.75, 3.05) is 34.5 Å². The standard InChI is InChI=1S/C21H24N2O4/c1-23(2)18(16-5-4-6-17(12-16)25-3)13-22-21(24)10-8-15-7-9-19-20(11-15)27-14-26-19/h4-12,18H,13-14H2,1-3H3,(H,22,24). The average Bonchev–Trinajstić information content (AvgIpc) is 3.14. The Morgan fingerprint density at radius 1 is 1.22 bits per heavy atom. The van der Waals surface area contributed by atoms with Crippen LogP contribution in [0.1, 0.15) is 17.2 Å². The maximum absolute atomic E-state index is 12.2. The third-order valence-corrected chi connectivity index (χ3v) is 4.40. The quantitative estimate of drug-likeness (QED) is 0.762. The molecule has 1 unspecified atom stereocenters. The molecule has 0 aliphatic carbocycles. The van der Waals surface area contributed by atoms with Gasteiger partial charge in [0.05, 0.1) is 13.2 Å². The van der Waals surface area contributed by atoms with Crippen molar-refractivity contribution in [2.45, 2.75) is 6.04 Å². The summed E-state index contributed by atoms with van der Waals surface area (Å²) in [4.78, 5) is 14.3. The second kappa shape index (κ2) is 8.60. The minimum Gasteiger partial charge on any atom is -0.497 e. The number of ether oxygens (including phenoxy) is 3. The summed E-state index contributed by atoms with van der Waals surface area (Å²) in [6.07, 6.45) is 3.28. The highest BCUT2D eigenvalue weighted by atomic mass is 16.7. The van der Waals surface area contributed by atoms with Gasteiger partial charge in [0.1, 0.15) is 5.75 Å². The van der Waals surface area contributed by atoms with Gasteiger partial charge in [0.25, 0.3) is 0 Å². The average molecular weight is 368 g/mol. The highest BCUT2D eigenvalue weighted by Gasteiger charge is 2.16. The summed E-state index contributed by atoms with van der Waals surface area (Å²) >= 11 is 0. The molecule has 1 amide bonds. The molecule has 0 bridgehead atoms. The lowest BCUT2D eigenvalue weighted by Crippen LogP contribution is -2.33. The lowest BCUT2D eigenvalue weighted by atomic mass is 10.1. The topological polar surface area (TPSA) is 60.0 Å². The lowest BCUT2D eigenvalue weighted by Gasteiger charge is -2.25. The van der Waals surface area contributed by atoms with Gasteiger partial charge >= 0.3 is 0 Å². The Hall–Kier alpha value is -2.99. The molecule has 27 heavy (non-hydrogen) atoms. The third-order valence-electron chi connectivity index (χ3n) is 4.40. The molecule has 1 N–H and O–H groups in total. The third kappa shape index (κ3) is 4.80. The summed E-state index contributed by atoms with van der Waals surface area (Å²) in [7, 11) is 5.62. The molecule has 6 heteroatoms. The molecule has 2 aromatic carbocycles. The minimum absolute atomic E-state index is 0.0444. The number of methoxy groups -OCH3 is 1. The van der Waals surface area contributed by atoms with Crippen molar-refractivity contribution in [3.05, 3.63) is 59.7 Å². The lowest BCUT2D eigenvalue weighted by molar-refractivity contribution is -0.116. The Labute approximate surface area is 159 Å². The van der Waals surface area contributed by atoms with E-state index in [4.69, 9.17) is 14.2 Å². The van der Waals surface area contributed by atoms with Crippen LogP contribution in [0.15, 0.2) is 48.5 Å². The summed E-state index contributed by atoms with van der Waals surface area (Å²) in [5.74, 6) is 2.07. The van der Waals surface area contributed by atoms with Crippen LogP contribution in [0.25, 0.3) is 6.08 Å². The van der Waals surface area contributed by atoms with Gasteiger partial charge in [0.15, 0.2) is 11.5 Å². The maximum atomic E-state index is 12.2. The molecule has 1 aliphatic heterocycles. The second-order valence-electron chi connectivity index (χ2n) is 6.45. The minimum atomic E-state index is -0.151. The van der Waals surface area contributed by atoms with Crippen LogP contribution >= 0.6 is 0 Å². The first-order valence-electron chi connectivity index (χ1n) is 8.73. The summed E-state index contributed by atoms with van der Waals surface area (Å²) in [5, 5.41) is 2.96. The number of likely N-dealkylation sites (N-methyl/N-ethyl adjacent to an activating group) is 1. The summed E-state index contributed by atoms with van der Waals surface area (Å²) in [5.41, 5.74) is 1.96. The Kier molecular flexibility index (Phi) is 5.98. The van der Waals surface area contributed by atoms with Crippen molar-refractivity contribution >= 4 is 12.0 Å². The molecule has 3 rings (SSSR count). The highest BCUT2D eigenvalue weighted by Crippen LogP contribution is 2.32. The number of nitrogens with one attached hydrogen (secondary N) is 1. The van der Waals surface area contributed by atoms with Crippen LogP contribution in [0, 0.1) is 0 Å². The smallest absolute Gasteiger partial charge is 0.244 e. The molecule has 0 spiro atoms. The largest absolute Gasteiger partial charge is 0.497 e. The zero-order valence-corrected chi connectivity index (χ0v) is 15.8. The molecule has 6 nitrogen and oxygen atoms in total. The van der Waals surface area contributed by atoms with E-state index in [1.54, 1.807) is 13.2 Å². The van der Waals surface area contributed by atoms with E-state index >= 15 is 0 Å². The number of nitrogens with zero attached hydrogens (tertiary/aromatic N) is 1. The van der Waals surface area contributed by atoms with Crippen LogP contribution in [0.5, 0.6) is 17.2 Å². The maximum Gasteiger partial charge on any atom is 0.244 e. The Bertz CT molecular complexity index is 833. The Balaban J connectivity index is 1.60. The number of rotatable bonds is 7. The molecule has 2 aromatic rings. The molecule has 1 heterocycles. The summed E-state index contributed by atoms with van der Waals surface area (Å²) < 4.78 is 15.9. The zero-order chi connectivity index (χ0) is 19.2. The fourth-order valence-electron chi connectivity index (χ4n) is 2.89. The van der Waals surface area contributed by atoms with E-state index in [9.17, 15) is 4.79 Å². The monoisotopic (exact) mass is 368 g/mol. The number of fused-ring (bicyclic) bond motifs is 1. The molecule has 0 saturated heterocycles. The highest BCUT2D eigenvalue weighted by molar-refractivity contribution is 5.91. The van der Waals surface area contributed by atoms with Crippen molar-refractivity contribution in [3.63, 3.8) is 0 Å². The summed E-state index contributed by atoms with van der Waals surface area (Å²) in [6, 6.07) is 13.5. The molecule has 0 fully saturated rings. The second-order valence-corrected chi connectivity index (χ2v) is 6.45. The number of hydrogen-bond acceptors (Lipinski definition) is 5. The van der Waals surface area contributed by atoms with E-state index in [-0.39, 0.29) is 18.7 Å². The molecule has 0 saturated carbocycles. The molecule has 142 valence electrons. The summed E-state index contributed by atoms with van der Waals surface area (Å²) in [6.45, 7) is 0.726. The van der Waals surface area contributed by atoms with Gasteiger partial charge in [0, 0.05) is 12.6 Å². The van der Waals surface area contributed by atoms with E-state index in [1.165, 1.54) is 6.08 Å². The van der Waals surface area contributed by atoms with Crippen molar-refractivity contribution in [3.8, 4) is 17.2 Å². The van der Waals surface area contributed by atoms with E-state index < -0.39 is 0 Å². The zero-order valence-electron chi connectivity index (χ0n) is 15.8. The fraction of sp³-hybridized carbons (Fsp3) is 0.286. The first-order valence-corrected chi connectivity index (χ1v) is 8.73. The van der Waals surface area contributed by atoms with Crippen molar-refractivity contribution in [1.29, 1.82) is 0 Å². The Morgan fingerprint density at radius 3 is 2.81 bits per heavy atom.